The van der Waals surface area contributed by atoms with E-state index in [1.807, 2.05) is 12.1 Å². The molecule has 1 amide bonds. The van der Waals surface area contributed by atoms with Gasteiger partial charge in [0.1, 0.15) is 0 Å². The van der Waals surface area contributed by atoms with Crippen LogP contribution in [0.15, 0.2) is 18.2 Å². The van der Waals surface area contributed by atoms with Gasteiger partial charge in [0.15, 0.2) is 5.78 Å². The summed E-state index contributed by atoms with van der Waals surface area (Å²) >= 11 is 0. The second-order valence-electron chi connectivity index (χ2n) is 6.20. The fourth-order valence-corrected chi connectivity index (χ4v) is 3.26. The van der Waals surface area contributed by atoms with E-state index in [-0.39, 0.29) is 24.1 Å². The van der Waals surface area contributed by atoms with Crippen molar-refractivity contribution in [1.29, 1.82) is 0 Å². The Bertz CT molecular complexity index is 598. The number of ether oxygens (including phenoxy) is 1. The van der Waals surface area contributed by atoms with E-state index in [1.54, 1.807) is 6.07 Å². The summed E-state index contributed by atoms with van der Waals surface area (Å²) in [6, 6.07) is 5.62. The number of fused-ring (bicyclic) bond motifs is 1. The number of ketones is 1. The monoisotopic (exact) mass is 338 g/mol. The van der Waals surface area contributed by atoms with Gasteiger partial charge in [-0.2, -0.15) is 0 Å². The third-order valence-corrected chi connectivity index (χ3v) is 4.84. The van der Waals surface area contributed by atoms with Gasteiger partial charge in [0.25, 0.3) is 0 Å². The number of benzene rings is 1. The van der Waals surface area contributed by atoms with E-state index >= 15 is 0 Å². The average molecular weight is 339 g/mol. The molecular formula is C17H23ClN2O3. The molecule has 3 N–H and O–H groups in total. The lowest BCUT2D eigenvalue weighted by atomic mass is 9.79. The molecule has 1 aromatic carbocycles. The maximum absolute atomic E-state index is 12.6. The number of nitrogens with one attached hydrogen (secondary N) is 1. The van der Waals surface area contributed by atoms with E-state index in [2.05, 4.69) is 5.32 Å². The number of rotatable bonds is 3. The van der Waals surface area contributed by atoms with Crippen molar-refractivity contribution in [2.75, 3.05) is 25.1 Å². The lowest BCUT2D eigenvalue weighted by Crippen LogP contribution is -2.46. The molecular weight excluding hydrogens is 316 g/mol. The van der Waals surface area contributed by atoms with Crippen LogP contribution >= 0.6 is 12.4 Å². The Morgan fingerprint density at radius 1 is 1.26 bits per heavy atom. The lowest BCUT2D eigenvalue weighted by Gasteiger charge is -2.34. The van der Waals surface area contributed by atoms with Crippen LogP contribution in [0.5, 0.6) is 0 Å². The Morgan fingerprint density at radius 2 is 2.00 bits per heavy atom. The molecule has 0 spiro atoms. The summed E-state index contributed by atoms with van der Waals surface area (Å²) in [5.74, 6) is 0.0958. The van der Waals surface area contributed by atoms with Crippen LogP contribution in [0, 0.1) is 5.41 Å². The summed E-state index contributed by atoms with van der Waals surface area (Å²) in [7, 11) is 0. The minimum absolute atomic E-state index is 0. The molecule has 0 saturated carbocycles. The smallest absolute Gasteiger partial charge is 0.232 e. The molecule has 0 atom stereocenters. The van der Waals surface area contributed by atoms with Gasteiger partial charge >= 0.3 is 0 Å². The zero-order valence-corrected chi connectivity index (χ0v) is 13.9. The molecule has 126 valence electrons. The number of halogens is 1. The first kappa shape index (κ1) is 17.9. The van der Waals surface area contributed by atoms with Crippen molar-refractivity contribution in [3.05, 3.63) is 29.3 Å². The Morgan fingerprint density at radius 3 is 2.70 bits per heavy atom. The van der Waals surface area contributed by atoms with Crippen molar-refractivity contribution in [1.82, 2.24) is 0 Å². The van der Waals surface area contributed by atoms with Crippen LogP contribution < -0.4 is 11.1 Å². The van der Waals surface area contributed by atoms with E-state index in [9.17, 15) is 9.59 Å². The molecule has 1 heterocycles. The van der Waals surface area contributed by atoms with Crippen LogP contribution in [-0.2, 0) is 16.0 Å². The third kappa shape index (κ3) is 3.57. The maximum atomic E-state index is 12.6. The topological polar surface area (TPSA) is 81.4 Å². The van der Waals surface area contributed by atoms with Crippen molar-refractivity contribution in [3.8, 4) is 0 Å². The van der Waals surface area contributed by atoms with Gasteiger partial charge in [-0.1, -0.05) is 6.07 Å². The highest BCUT2D eigenvalue weighted by molar-refractivity contribution is 6.01. The van der Waals surface area contributed by atoms with Gasteiger partial charge in [-0.3, -0.25) is 9.59 Å². The highest BCUT2D eigenvalue weighted by Crippen LogP contribution is 2.31. The van der Waals surface area contributed by atoms with Crippen molar-refractivity contribution in [2.24, 2.45) is 11.1 Å². The second-order valence-corrected chi connectivity index (χ2v) is 6.20. The summed E-state index contributed by atoms with van der Waals surface area (Å²) in [5, 5.41) is 2.95. The quantitative estimate of drug-likeness (QED) is 0.886. The molecule has 0 aromatic heterocycles. The first-order chi connectivity index (χ1) is 10.6. The average Bonchev–Trinajstić information content (AvgIpc) is 2.56. The second kappa shape index (κ2) is 7.43. The number of amides is 1. The van der Waals surface area contributed by atoms with Gasteiger partial charge in [-0.15, -0.1) is 12.4 Å². The summed E-state index contributed by atoms with van der Waals surface area (Å²) in [6.45, 7) is 1.44. The minimum Gasteiger partial charge on any atom is -0.381 e. The SMILES string of the molecule is Cl.NCC1(C(=O)Nc2ccc3c(c2)C(=O)CCC3)CCOCC1. The molecule has 0 unspecified atom stereocenters. The molecule has 0 radical (unpaired) electrons. The van der Waals surface area contributed by atoms with Crippen LogP contribution in [0.25, 0.3) is 0 Å². The summed E-state index contributed by atoms with van der Waals surface area (Å²) < 4.78 is 5.34. The van der Waals surface area contributed by atoms with Gasteiger partial charge in [0.05, 0.1) is 5.41 Å². The van der Waals surface area contributed by atoms with Gasteiger partial charge in [0.2, 0.25) is 5.91 Å². The molecule has 0 bridgehead atoms. The zero-order valence-electron chi connectivity index (χ0n) is 13.1. The number of anilines is 1. The van der Waals surface area contributed by atoms with Crippen molar-refractivity contribution in [3.63, 3.8) is 0 Å². The van der Waals surface area contributed by atoms with Crippen LogP contribution in [0.2, 0.25) is 0 Å². The predicted molar refractivity (Wildman–Crippen MR) is 91.1 cm³/mol. The van der Waals surface area contributed by atoms with E-state index in [1.165, 1.54) is 0 Å². The number of nitrogens with two attached hydrogens (primary N) is 1. The number of aryl methyl sites for hydroxylation is 1. The maximum Gasteiger partial charge on any atom is 0.232 e. The van der Waals surface area contributed by atoms with Crippen LogP contribution in [0.3, 0.4) is 0 Å². The number of carbonyl (C=O) groups is 2. The molecule has 1 aromatic rings. The Balaban J connectivity index is 0.00000192. The summed E-state index contributed by atoms with van der Waals surface area (Å²) in [4.78, 5) is 24.6. The Hall–Kier alpha value is -1.43. The fraction of sp³-hybridized carbons (Fsp3) is 0.529. The Labute approximate surface area is 142 Å². The molecule has 2 aliphatic rings. The predicted octanol–water partition coefficient (Wildman–Crippen LogP) is 2.32. The molecule has 1 aliphatic heterocycles. The Kier molecular flexibility index (Phi) is 5.79. The lowest BCUT2D eigenvalue weighted by molar-refractivity contribution is -0.130. The molecule has 1 saturated heterocycles. The molecule has 23 heavy (non-hydrogen) atoms. The van der Waals surface area contributed by atoms with Crippen molar-refractivity contribution < 1.29 is 14.3 Å². The summed E-state index contributed by atoms with van der Waals surface area (Å²) in [5.41, 5.74) is 7.80. The molecule has 6 heteroatoms. The number of hydrogen-bond acceptors (Lipinski definition) is 4. The van der Waals surface area contributed by atoms with Gasteiger partial charge in [-0.05, 0) is 43.4 Å². The number of carbonyl (C=O) groups excluding carboxylic acids is 2. The van der Waals surface area contributed by atoms with E-state index in [0.29, 0.717) is 44.7 Å². The third-order valence-electron chi connectivity index (χ3n) is 4.84. The molecule has 5 nitrogen and oxygen atoms in total. The molecule has 1 fully saturated rings. The van der Waals surface area contributed by atoms with E-state index in [0.717, 1.165) is 24.0 Å². The summed E-state index contributed by atoms with van der Waals surface area (Å²) in [6.07, 6.45) is 3.71. The number of hydrogen-bond donors (Lipinski definition) is 2. The normalized spacial score (nSPS) is 19.4. The first-order valence-corrected chi connectivity index (χ1v) is 7.90. The van der Waals surface area contributed by atoms with E-state index < -0.39 is 5.41 Å². The van der Waals surface area contributed by atoms with Crippen molar-refractivity contribution >= 4 is 29.8 Å². The van der Waals surface area contributed by atoms with Crippen LogP contribution in [0.1, 0.15) is 41.6 Å². The van der Waals surface area contributed by atoms with Gasteiger partial charge < -0.3 is 15.8 Å². The minimum atomic E-state index is -0.557. The standard InChI is InChI=1S/C17H22N2O3.ClH/c18-11-17(6-8-22-9-7-17)16(21)19-13-5-4-12-2-1-3-15(20)14(12)10-13;/h4-5,10H,1-3,6-9,11,18H2,(H,19,21);1H. The van der Waals surface area contributed by atoms with Crippen LogP contribution in [-0.4, -0.2) is 31.4 Å². The first-order valence-electron chi connectivity index (χ1n) is 7.90. The fourth-order valence-electron chi connectivity index (χ4n) is 3.26. The van der Waals surface area contributed by atoms with Crippen molar-refractivity contribution in [2.45, 2.75) is 32.1 Å². The largest absolute Gasteiger partial charge is 0.381 e. The molecule has 3 rings (SSSR count). The van der Waals surface area contributed by atoms with Gasteiger partial charge in [-0.25, -0.2) is 0 Å². The van der Waals surface area contributed by atoms with Gasteiger partial charge in [0, 0.05) is 37.4 Å². The molecule has 1 aliphatic carbocycles. The zero-order chi connectivity index (χ0) is 15.6. The highest BCUT2D eigenvalue weighted by Gasteiger charge is 2.38. The van der Waals surface area contributed by atoms with Crippen LogP contribution in [0.4, 0.5) is 5.69 Å². The van der Waals surface area contributed by atoms with E-state index in [4.69, 9.17) is 10.5 Å². The number of Topliss-reactive ketones (excluding diaryl/α,β-unsaturated/α-hetero) is 1. The highest BCUT2D eigenvalue weighted by atomic mass is 35.5.